The van der Waals surface area contributed by atoms with Gasteiger partial charge >= 0.3 is 0 Å². The molecule has 0 saturated carbocycles. The third kappa shape index (κ3) is 4.19. The Morgan fingerprint density at radius 3 is 2.47 bits per heavy atom. The molecule has 0 aromatic rings. The first-order chi connectivity index (χ1) is 8.14. The highest BCUT2D eigenvalue weighted by Gasteiger charge is 2.41. The highest BCUT2D eigenvalue weighted by molar-refractivity contribution is 4.94. The number of nitrogens with one attached hydrogen (secondary N) is 1. The second kappa shape index (κ2) is 7.28. The van der Waals surface area contributed by atoms with Gasteiger partial charge in [0.05, 0.1) is 24.4 Å². The molecule has 1 aliphatic heterocycles. The average molecular weight is 246 g/mol. The number of nitrogens with two attached hydrogens (primary N) is 1. The van der Waals surface area contributed by atoms with E-state index in [2.05, 4.69) is 5.43 Å². The molecule has 17 heavy (non-hydrogen) atoms. The number of rotatable bonds is 7. The molecule has 3 N–H and O–H groups in total. The molecular formula is C12H26N2O3. The zero-order valence-electron chi connectivity index (χ0n) is 11.2. The number of hydrogen-bond acceptors (Lipinski definition) is 5. The molecule has 0 bridgehead atoms. The van der Waals surface area contributed by atoms with Gasteiger partial charge in [0.25, 0.3) is 0 Å². The summed E-state index contributed by atoms with van der Waals surface area (Å²) in [5, 5.41) is 0. The van der Waals surface area contributed by atoms with Gasteiger partial charge in [-0.25, -0.2) is 0 Å². The van der Waals surface area contributed by atoms with Crippen LogP contribution in [0.1, 0.15) is 33.6 Å². The SMILES string of the molecule is CCOC1(C(COC(C)C)NN)CCOCC1. The Labute approximate surface area is 104 Å². The van der Waals surface area contributed by atoms with Gasteiger partial charge in [0.15, 0.2) is 0 Å². The Balaban J connectivity index is 2.63. The molecule has 0 aromatic carbocycles. The molecule has 5 heteroatoms. The van der Waals surface area contributed by atoms with Gasteiger partial charge in [-0.3, -0.25) is 11.3 Å². The molecule has 5 nitrogen and oxygen atoms in total. The molecule has 1 fully saturated rings. The van der Waals surface area contributed by atoms with Crippen molar-refractivity contribution < 1.29 is 14.2 Å². The summed E-state index contributed by atoms with van der Waals surface area (Å²) in [6.07, 6.45) is 1.92. The number of hydrazine groups is 1. The van der Waals surface area contributed by atoms with Crippen LogP contribution in [-0.2, 0) is 14.2 Å². The molecule has 1 atom stereocenters. The second-order valence-electron chi connectivity index (χ2n) is 4.71. The largest absolute Gasteiger partial charge is 0.381 e. The van der Waals surface area contributed by atoms with Gasteiger partial charge in [-0.05, 0) is 20.8 Å². The lowest BCUT2D eigenvalue weighted by Gasteiger charge is -2.42. The molecule has 0 amide bonds. The molecule has 1 unspecified atom stereocenters. The fraction of sp³-hybridized carbons (Fsp3) is 1.00. The summed E-state index contributed by atoms with van der Waals surface area (Å²) in [5.41, 5.74) is 2.59. The Bertz CT molecular complexity index is 200. The van der Waals surface area contributed by atoms with Crippen molar-refractivity contribution in [2.75, 3.05) is 26.4 Å². The zero-order chi connectivity index (χ0) is 12.7. The topological polar surface area (TPSA) is 65.7 Å². The van der Waals surface area contributed by atoms with Gasteiger partial charge in [-0.2, -0.15) is 0 Å². The normalized spacial score (nSPS) is 21.7. The molecule has 1 heterocycles. The van der Waals surface area contributed by atoms with Crippen molar-refractivity contribution >= 4 is 0 Å². The summed E-state index contributed by atoms with van der Waals surface area (Å²) >= 11 is 0. The minimum Gasteiger partial charge on any atom is -0.381 e. The van der Waals surface area contributed by atoms with E-state index in [-0.39, 0.29) is 17.7 Å². The van der Waals surface area contributed by atoms with E-state index in [1.54, 1.807) is 0 Å². The summed E-state index contributed by atoms with van der Waals surface area (Å²) in [4.78, 5) is 0. The van der Waals surface area contributed by atoms with Crippen LogP contribution in [0.15, 0.2) is 0 Å². The van der Waals surface area contributed by atoms with Crippen LogP contribution in [0, 0.1) is 0 Å². The fourth-order valence-corrected chi connectivity index (χ4v) is 2.24. The van der Waals surface area contributed by atoms with Gasteiger partial charge in [0.1, 0.15) is 0 Å². The van der Waals surface area contributed by atoms with Crippen LogP contribution >= 0.6 is 0 Å². The molecule has 1 rings (SSSR count). The van der Waals surface area contributed by atoms with Crippen LogP contribution in [-0.4, -0.2) is 44.2 Å². The van der Waals surface area contributed by atoms with E-state index < -0.39 is 0 Å². The van der Waals surface area contributed by atoms with Gasteiger partial charge in [0.2, 0.25) is 0 Å². The predicted molar refractivity (Wildman–Crippen MR) is 66.6 cm³/mol. The first-order valence-corrected chi connectivity index (χ1v) is 6.44. The molecule has 0 aromatic heterocycles. The molecule has 0 spiro atoms. The zero-order valence-corrected chi connectivity index (χ0v) is 11.2. The monoisotopic (exact) mass is 246 g/mol. The molecule has 0 aliphatic carbocycles. The van der Waals surface area contributed by atoms with E-state index in [9.17, 15) is 0 Å². The lowest BCUT2D eigenvalue weighted by Crippen LogP contribution is -2.59. The van der Waals surface area contributed by atoms with Gasteiger partial charge in [-0.1, -0.05) is 0 Å². The van der Waals surface area contributed by atoms with E-state index >= 15 is 0 Å². The Morgan fingerprint density at radius 1 is 1.35 bits per heavy atom. The maximum atomic E-state index is 5.95. The van der Waals surface area contributed by atoms with Crippen molar-refractivity contribution in [2.45, 2.75) is 51.4 Å². The fourth-order valence-electron chi connectivity index (χ4n) is 2.24. The Kier molecular flexibility index (Phi) is 6.37. The van der Waals surface area contributed by atoms with Crippen molar-refractivity contribution in [1.82, 2.24) is 5.43 Å². The lowest BCUT2D eigenvalue weighted by atomic mass is 9.86. The van der Waals surface area contributed by atoms with Crippen LogP contribution < -0.4 is 11.3 Å². The lowest BCUT2D eigenvalue weighted by molar-refractivity contribution is -0.140. The molecule has 0 radical (unpaired) electrons. The molecular weight excluding hydrogens is 220 g/mol. The minimum absolute atomic E-state index is 0.00810. The number of ether oxygens (including phenoxy) is 3. The third-order valence-corrected chi connectivity index (χ3v) is 3.20. The van der Waals surface area contributed by atoms with Crippen molar-refractivity contribution in [2.24, 2.45) is 5.84 Å². The second-order valence-corrected chi connectivity index (χ2v) is 4.71. The van der Waals surface area contributed by atoms with Gasteiger partial charge < -0.3 is 14.2 Å². The van der Waals surface area contributed by atoms with Crippen molar-refractivity contribution in [3.63, 3.8) is 0 Å². The first kappa shape index (κ1) is 14.9. The Hall–Kier alpha value is -0.200. The minimum atomic E-state index is -0.253. The van der Waals surface area contributed by atoms with E-state index in [4.69, 9.17) is 20.1 Å². The quantitative estimate of drug-likeness (QED) is 0.514. The van der Waals surface area contributed by atoms with Crippen LogP contribution in [0.3, 0.4) is 0 Å². The highest BCUT2D eigenvalue weighted by atomic mass is 16.5. The summed E-state index contributed by atoms with van der Waals surface area (Å²) in [7, 11) is 0. The van der Waals surface area contributed by atoms with Crippen LogP contribution in [0.25, 0.3) is 0 Å². The highest BCUT2D eigenvalue weighted by Crippen LogP contribution is 2.29. The standard InChI is InChI=1S/C12H26N2O3/c1-4-17-12(5-7-15-8-6-12)11(14-13)9-16-10(2)3/h10-11,14H,4-9,13H2,1-3H3. The van der Waals surface area contributed by atoms with Crippen molar-refractivity contribution in [1.29, 1.82) is 0 Å². The van der Waals surface area contributed by atoms with Crippen LogP contribution in [0.5, 0.6) is 0 Å². The van der Waals surface area contributed by atoms with E-state index in [0.29, 0.717) is 13.2 Å². The Morgan fingerprint density at radius 2 is 2.00 bits per heavy atom. The summed E-state index contributed by atoms with van der Waals surface area (Å²) in [5.74, 6) is 5.65. The number of hydrogen-bond donors (Lipinski definition) is 2. The molecule has 1 saturated heterocycles. The summed E-state index contributed by atoms with van der Waals surface area (Å²) in [6, 6.07) is 0.00810. The van der Waals surface area contributed by atoms with Crippen molar-refractivity contribution in [3.05, 3.63) is 0 Å². The first-order valence-electron chi connectivity index (χ1n) is 6.44. The average Bonchev–Trinajstić information content (AvgIpc) is 2.31. The van der Waals surface area contributed by atoms with E-state index in [1.165, 1.54) is 0 Å². The van der Waals surface area contributed by atoms with E-state index in [0.717, 1.165) is 26.1 Å². The predicted octanol–water partition coefficient (Wildman–Crippen LogP) is 0.829. The molecule has 102 valence electrons. The third-order valence-electron chi connectivity index (χ3n) is 3.20. The maximum Gasteiger partial charge on any atom is 0.0914 e. The smallest absolute Gasteiger partial charge is 0.0914 e. The molecule has 1 aliphatic rings. The summed E-state index contributed by atoms with van der Waals surface area (Å²) in [6.45, 7) is 8.73. The van der Waals surface area contributed by atoms with Gasteiger partial charge in [-0.15, -0.1) is 0 Å². The van der Waals surface area contributed by atoms with Crippen LogP contribution in [0.4, 0.5) is 0 Å². The van der Waals surface area contributed by atoms with Gasteiger partial charge in [0, 0.05) is 32.7 Å². The summed E-state index contributed by atoms with van der Waals surface area (Å²) < 4.78 is 17.0. The van der Waals surface area contributed by atoms with Crippen LogP contribution in [0.2, 0.25) is 0 Å². The van der Waals surface area contributed by atoms with Crippen molar-refractivity contribution in [3.8, 4) is 0 Å². The van der Waals surface area contributed by atoms with E-state index in [1.807, 2.05) is 20.8 Å². The maximum absolute atomic E-state index is 5.95.